The van der Waals surface area contributed by atoms with Gasteiger partial charge in [0.05, 0.1) is 0 Å². The van der Waals surface area contributed by atoms with Gasteiger partial charge in [0.25, 0.3) is 0 Å². The monoisotopic (exact) mass is 684 g/mol. The fourth-order valence-electron chi connectivity index (χ4n) is 8.46. The molecule has 4 saturated heterocycles. The summed E-state index contributed by atoms with van der Waals surface area (Å²) in [5, 5.41) is 0. The summed E-state index contributed by atoms with van der Waals surface area (Å²) in [7, 11) is 0. The lowest BCUT2D eigenvalue weighted by Gasteiger charge is -2.25. The van der Waals surface area contributed by atoms with Crippen LogP contribution in [0.1, 0.15) is 116 Å². The fourth-order valence-corrected chi connectivity index (χ4v) is 8.46. The first-order chi connectivity index (χ1) is 24.1. The summed E-state index contributed by atoms with van der Waals surface area (Å²) in [4.78, 5) is 50.6. The number of aryl methyl sites for hydroxylation is 2. The van der Waals surface area contributed by atoms with Crippen molar-refractivity contribution in [3.63, 3.8) is 0 Å². The highest BCUT2D eigenvalue weighted by Crippen LogP contribution is 2.51. The average molecular weight is 684 g/mol. The Kier molecular flexibility index (Phi) is 12.0. The van der Waals surface area contributed by atoms with Crippen molar-refractivity contribution in [1.29, 1.82) is 0 Å². The van der Waals surface area contributed by atoms with Gasteiger partial charge in [-0.15, -0.1) is 0 Å². The van der Waals surface area contributed by atoms with Crippen LogP contribution in [0.25, 0.3) is 0 Å². The molecule has 0 N–H and O–H groups in total. The quantitative estimate of drug-likeness (QED) is 0.155. The third-order valence-electron chi connectivity index (χ3n) is 11.2. The number of hydrogen-bond donors (Lipinski definition) is 0. The standard InChI is InChI=1S/2C20H27BO4/c2*1-4-6-8-16-18-17(9-7-5-2)20(23)25-21(18,24-19(16)22)15-12-10-14(3)11-13-15/h2*10-13,16-17H,4-9H2,1-3H3/t16-,17+,21?;16-,17-/m.0/s1. The normalized spacial score (nSPS) is 26.1. The largest absolute Gasteiger partial charge is 0.609 e. The third kappa shape index (κ3) is 7.04. The van der Waals surface area contributed by atoms with Crippen molar-refractivity contribution in [3.8, 4) is 0 Å². The SMILES string of the molecule is CCCC[C@@H]1C(=O)O[B-]2(c3ccc(C)cc3)OC(=O)[C@@H](CCCC)[C+]12.CCCC[C@@H]1C(=O)O[B-]2(c3ccc(C)cc3)OC(=O)[C@H](CCCC)[C+]12. The number of rotatable bonds is 14. The van der Waals surface area contributed by atoms with Crippen molar-refractivity contribution < 1.29 is 37.8 Å². The molecule has 2 aromatic rings. The van der Waals surface area contributed by atoms with Crippen molar-refractivity contribution in [2.24, 2.45) is 23.7 Å². The molecule has 0 bridgehead atoms. The molecule has 4 fully saturated rings. The molecule has 0 amide bonds. The summed E-state index contributed by atoms with van der Waals surface area (Å²) < 4.78 is 23.3. The molecule has 6 rings (SSSR count). The van der Waals surface area contributed by atoms with Crippen LogP contribution in [-0.4, -0.2) is 37.0 Å². The van der Waals surface area contributed by atoms with Crippen molar-refractivity contribution >= 4 is 47.9 Å². The molecule has 5 atom stereocenters. The van der Waals surface area contributed by atoms with Crippen LogP contribution in [0.3, 0.4) is 0 Å². The molecule has 4 aliphatic rings. The first-order valence-corrected chi connectivity index (χ1v) is 19.1. The van der Waals surface area contributed by atoms with Crippen molar-refractivity contribution in [2.45, 2.75) is 119 Å². The zero-order valence-electron chi connectivity index (χ0n) is 30.8. The van der Waals surface area contributed by atoms with Gasteiger partial charge in [-0.1, -0.05) is 124 Å². The minimum Gasteiger partial charge on any atom is -0.609 e. The highest BCUT2D eigenvalue weighted by atomic mass is 16.7. The van der Waals surface area contributed by atoms with Gasteiger partial charge in [0.1, 0.15) is 0 Å². The van der Waals surface area contributed by atoms with Crippen molar-refractivity contribution in [2.75, 3.05) is 0 Å². The summed E-state index contributed by atoms with van der Waals surface area (Å²) in [6, 6.07) is 15.6. The van der Waals surface area contributed by atoms with Crippen LogP contribution in [0.5, 0.6) is 0 Å². The van der Waals surface area contributed by atoms with Crippen molar-refractivity contribution in [1.82, 2.24) is 0 Å². The number of fused-ring (bicyclic) bond motifs is 2. The Hall–Kier alpha value is -3.81. The minimum absolute atomic E-state index is 0.224. The maximum absolute atomic E-state index is 12.6. The van der Waals surface area contributed by atoms with Crippen LogP contribution >= 0.6 is 0 Å². The Labute approximate surface area is 298 Å². The Morgan fingerprint density at radius 3 is 0.920 bits per heavy atom. The molecule has 0 aromatic heterocycles. The van der Waals surface area contributed by atoms with Gasteiger partial charge in [0, 0.05) is 11.6 Å². The van der Waals surface area contributed by atoms with E-state index in [2.05, 4.69) is 27.7 Å². The van der Waals surface area contributed by atoms with Crippen LogP contribution in [0.4, 0.5) is 0 Å². The zero-order valence-corrected chi connectivity index (χ0v) is 30.8. The summed E-state index contributed by atoms with van der Waals surface area (Å²) in [5.41, 5.74) is 3.85. The number of unbranched alkanes of at least 4 members (excludes halogenated alkanes) is 4. The molecule has 50 heavy (non-hydrogen) atoms. The van der Waals surface area contributed by atoms with E-state index in [1.54, 1.807) is 0 Å². The lowest BCUT2D eigenvalue weighted by atomic mass is 9.40. The molecule has 4 aliphatic heterocycles. The molecule has 4 heterocycles. The van der Waals surface area contributed by atoms with E-state index in [0.29, 0.717) is 0 Å². The molecule has 1 unspecified atom stereocenters. The van der Waals surface area contributed by atoms with Gasteiger partial charge in [0.15, 0.2) is 23.7 Å². The first kappa shape index (κ1) is 37.4. The number of hydrogen-bond acceptors (Lipinski definition) is 8. The predicted molar refractivity (Wildman–Crippen MR) is 196 cm³/mol. The minimum atomic E-state index is -2.13. The molecule has 8 nitrogen and oxygen atoms in total. The van der Waals surface area contributed by atoms with E-state index in [1.807, 2.05) is 62.4 Å². The second-order valence-electron chi connectivity index (χ2n) is 14.8. The topological polar surface area (TPSA) is 105 Å². The van der Waals surface area contributed by atoms with Gasteiger partial charge in [-0.05, 0) is 65.2 Å². The van der Waals surface area contributed by atoms with E-state index in [-0.39, 0.29) is 47.5 Å². The average Bonchev–Trinajstić information content (AvgIpc) is 3.73. The predicted octanol–water partition coefficient (Wildman–Crippen LogP) is 6.97. The van der Waals surface area contributed by atoms with E-state index in [1.165, 1.54) is 0 Å². The number of carbonyl (C=O) groups excluding carboxylic acids is 4. The van der Waals surface area contributed by atoms with Crippen LogP contribution in [0, 0.1) is 49.2 Å². The second-order valence-corrected chi connectivity index (χ2v) is 14.8. The van der Waals surface area contributed by atoms with Crippen molar-refractivity contribution in [3.05, 3.63) is 71.3 Å². The van der Waals surface area contributed by atoms with E-state index < -0.39 is 13.1 Å². The highest BCUT2D eigenvalue weighted by Gasteiger charge is 2.74. The molecule has 0 spiro atoms. The van der Waals surface area contributed by atoms with Gasteiger partial charge in [-0.3, -0.25) is 19.2 Å². The van der Waals surface area contributed by atoms with Crippen LogP contribution in [0.15, 0.2) is 48.5 Å². The Balaban J connectivity index is 0.000000194. The smallest absolute Gasteiger partial charge is 0.589 e. The fraction of sp³-hybridized carbons (Fsp3) is 0.550. The lowest BCUT2D eigenvalue weighted by molar-refractivity contribution is -0.145. The molecule has 0 aliphatic carbocycles. The van der Waals surface area contributed by atoms with Crippen LogP contribution < -0.4 is 10.9 Å². The maximum Gasteiger partial charge on any atom is 0.589 e. The molecular weight excluding hydrogens is 630 g/mol. The molecule has 2 aromatic carbocycles. The Bertz CT molecular complexity index is 1330. The summed E-state index contributed by atoms with van der Waals surface area (Å²) >= 11 is 0. The second kappa shape index (κ2) is 16.0. The molecule has 268 valence electrons. The first-order valence-electron chi connectivity index (χ1n) is 19.1. The Morgan fingerprint density at radius 1 is 0.460 bits per heavy atom. The van der Waals surface area contributed by atoms with E-state index in [4.69, 9.17) is 18.6 Å². The maximum atomic E-state index is 12.6. The number of carbonyl (C=O) groups is 4. The van der Waals surface area contributed by atoms with Gasteiger partial charge in [0.2, 0.25) is 0 Å². The molecular formula is C40H54B2O8. The number of benzene rings is 2. The summed E-state index contributed by atoms with van der Waals surface area (Å²) in [6.07, 6.45) is 10.8. The Morgan fingerprint density at radius 2 is 0.700 bits per heavy atom. The third-order valence-corrected chi connectivity index (χ3v) is 11.2. The van der Waals surface area contributed by atoms with Crippen LogP contribution in [0.2, 0.25) is 0 Å². The van der Waals surface area contributed by atoms with E-state index in [0.717, 1.165) is 111 Å². The molecule has 0 saturated carbocycles. The van der Waals surface area contributed by atoms with Crippen LogP contribution in [-0.2, 0) is 37.8 Å². The highest BCUT2D eigenvalue weighted by molar-refractivity contribution is 6.92. The van der Waals surface area contributed by atoms with E-state index >= 15 is 0 Å². The lowest BCUT2D eigenvalue weighted by Crippen LogP contribution is -2.53. The zero-order chi connectivity index (χ0) is 36.1. The van der Waals surface area contributed by atoms with Gasteiger partial charge >= 0.3 is 37.0 Å². The van der Waals surface area contributed by atoms with Gasteiger partial charge < -0.3 is 18.6 Å². The summed E-state index contributed by atoms with van der Waals surface area (Å²) in [5.74, 6) is -0.332. The summed E-state index contributed by atoms with van der Waals surface area (Å²) in [6.45, 7) is 8.18. The van der Waals surface area contributed by atoms with E-state index in [9.17, 15) is 19.2 Å². The molecule has 0 radical (unpaired) electrons. The molecule has 10 heteroatoms. The van der Waals surface area contributed by atoms with Gasteiger partial charge in [-0.2, -0.15) is 0 Å². The van der Waals surface area contributed by atoms with Gasteiger partial charge in [-0.25, -0.2) is 0 Å².